The van der Waals surface area contributed by atoms with E-state index < -0.39 is 0 Å². The fourth-order valence-corrected chi connectivity index (χ4v) is 3.42. The Morgan fingerprint density at radius 1 is 0.857 bits per heavy atom. The molecule has 1 saturated carbocycles. The maximum atomic E-state index is 2.34. The van der Waals surface area contributed by atoms with E-state index >= 15 is 0 Å². The molecule has 1 aromatic carbocycles. The summed E-state index contributed by atoms with van der Waals surface area (Å²) in [6.07, 6.45) is 10.1. The summed E-state index contributed by atoms with van der Waals surface area (Å²) in [5.41, 5.74) is 3.97. The Morgan fingerprint density at radius 3 is 2.36 bits per heavy atom. The van der Waals surface area contributed by atoms with E-state index in [9.17, 15) is 0 Å². The Labute approximate surface area is 86.3 Å². The first-order valence-electron chi connectivity index (χ1n) is 5.95. The molecule has 1 fully saturated rings. The molecule has 0 amide bonds. The van der Waals surface area contributed by atoms with Crippen LogP contribution in [0.4, 0.5) is 0 Å². The molecule has 0 aliphatic heterocycles. The number of aryl methyl sites for hydroxylation is 1. The zero-order chi connectivity index (χ0) is 9.43. The number of benzene rings is 1. The van der Waals surface area contributed by atoms with E-state index in [-0.39, 0.29) is 0 Å². The lowest BCUT2D eigenvalue weighted by atomic mass is 9.70. The third-order valence-electron chi connectivity index (χ3n) is 4.27. The van der Waals surface area contributed by atoms with Gasteiger partial charge in [-0.15, -0.1) is 0 Å². The van der Waals surface area contributed by atoms with E-state index in [1.165, 1.54) is 44.9 Å². The van der Waals surface area contributed by atoms with Gasteiger partial charge in [-0.1, -0.05) is 37.1 Å². The summed E-state index contributed by atoms with van der Waals surface area (Å²) in [7, 11) is 0. The van der Waals surface area contributed by atoms with Gasteiger partial charge in [0.05, 0.1) is 0 Å². The number of fused-ring (bicyclic) bond motifs is 1. The molecule has 3 rings (SSSR count). The largest absolute Gasteiger partial charge is 0.0620 e. The van der Waals surface area contributed by atoms with Crippen molar-refractivity contribution in [3.05, 3.63) is 35.4 Å². The summed E-state index contributed by atoms with van der Waals surface area (Å²) >= 11 is 0. The maximum absolute atomic E-state index is 2.34. The second kappa shape index (κ2) is 3.12. The van der Waals surface area contributed by atoms with Gasteiger partial charge in [0.1, 0.15) is 0 Å². The SMILES string of the molecule is c1ccc2c(c1)CCC1(CCCC1)C2. The van der Waals surface area contributed by atoms with Crippen LogP contribution in [0.5, 0.6) is 0 Å². The number of hydrogen-bond donors (Lipinski definition) is 0. The lowest BCUT2D eigenvalue weighted by Crippen LogP contribution is -2.25. The Kier molecular flexibility index (Phi) is 1.90. The lowest BCUT2D eigenvalue weighted by molar-refractivity contribution is 0.255. The van der Waals surface area contributed by atoms with Gasteiger partial charge in [-0.25, -0.2) is 0 Å². The highest BCUT2D eigenvalue weighted by molar-refractivity contribution is 5.31. The third kappa shape index (κ3) is 1.28. The molecule has 0 bridgehead atoms. The minimum absolute atomic E-state index is 0.717. The van der Waals surface area contributed by atoms with Crippen molar-refractivity contribution in [2.45, 2.75) is 44.9 Å². The average Bonchev–Trinajstić information content (AvgIpc) is 2.66. The molecular formula is C14H18. The molecule has 2 aliphatic rings. The third-order valence-corrected chi connectivity index (χ3v) is 4.27. The molecule has 0 radical (unpaired) electrons. The second-order valence-electron chi connectivity index (χ2n) is 5.15. The first kappa shape index (κ1) is 8.52. The molecule has 0 aromatic heterocycles. The van der Waals surface area contributed by atoms with E-state index in [2.05, 4.69) is 24.3 Å². The molecule has 0 N–H and O–H groups in total. The topological polar surface area (TPSA) is 0 Å². The van der Waals surface area contributed by atoms with Gasteiger partial charge in [0.25, 0.3) is 0 Å². The summed E-state index contributed by atoms with van der Waals surface area (Å²) in [6.45, 7) is 0. The first-order chi connectivity index (χ1) is 6.88. The van der Waals surface area contributed by atoms with E-state index in [4.69, 9.17) is 0 Å². The second-order valence-corrected chi connectivity index (χ2v) is 5.15. The van der Waals surface area contributed by atoms with Crippen LogP contribution >= 0.6 is 0 Å². The molecule has 0 saturated heterocycles. The van der Waals surface area contributed by atoms with Crippen LogP contribution in [0.3, 0.4) is 0 Å². The predicted molar refractivity (Wildman–Crippen MR) is 59.4 cm³/mol. The van der Waals surface area contributed by atoms with Crippen LogP contribution in [0, 0.1) is 5.41 Å². The van der Waals surface area contributed by atoms with E-state index in [0.29, 0.717) is 5.41 Å². The molecule has 1 spiro atoms. The molecule has 0 heteroatoms. The Hall–Kier alpha value is -0.780. The summed E-state index contributed by atoms with van der Waals surface area (Å²) in [5, 5.41) is 0. The van der Waals surface area contributed by atoms with Gasteiger partial charge in [0, 0.05) is 0 Å². The average molecular weight is 186 g/mol. The molecular weight excluding hydrogens is 168 g/mol. The molecule has 0 unspecified atom stereocenters. The zero-order valence-electron chi connectivity index (χ0n) is 8.76. The summed E-state index contributed by atoms with van der Waals surface area (Å²) in [5.74, 6) is 0. The maximum Gasteiger partial charge on any atom is -0.0219 e. The minimum Gasteiger partial charge on any atom is -0.0620 e. The van der Waals surface area contributed by atoms with Gasteiger partial charge in [0.2, 0.25) is 0 Å². The highest BCUT2D eigenvalue weighted by Gasteiger charge is 2.36. The highest BCUT2D eigenvalue weighted by atomic mass is 14.4. The molecule has 2 aliphatic carbocycles. The van der Waals surface area contributed by atoms with Crippen molar-refractivity contribution < 1.29 is 0 Å². The minimum atomic E-state index is 0.717. The van der Waals surface area contributed by atoms with Gasteiger partial charge < -0.3 is 0 Å². The standard InChI is InChI=1S/C14H18/c1-2-6-13-11-14(8-3-4-9-14)10-7-12(13)5-1/h1-2,5-6H,3-4,7-11H2. The quantitative estimate of drug-likeness (QED) is 0.579. The van der Waals surface area contributed by atoms with Gasteiger partial charge in [-0.05, 0) is 48.6 Å². The van der Waals surface area contributed by atoms with Crippen molar-refractivity contribution in [3.63, 3.8) is 0 Å². The van der Waals surface area contributed by atoms with Crippen molar-refractivity contribution in [2.75, 3.05) is 0 Å². The monoisotopic (exact) mass is 186 g/mol. The number of rotatable bonds is 0. The fraction of sp³-hybridized carbons (Fsp3) is 0.571. The normalized spacial score (nSPS) is 23.7. The molecule has 0 atom stereocenters. The molecule has 14 heavy (non-hydrogen) atoms. The van der Waals surface area contributed by atoms with E-state index in [0.717, 1.165) is 0 Å². The van der Waals surface area contributed by atoms with Crippen LogP contribution in [0.1, 0.15) is 43.2 Å². The molecule has 1 aromatic rings. The highest BCUT2D eigenvalue weighted by Crippen LogP contribution is 2.47. The lowest BCUT2D eigenvalue weighted by Gasteiger charge is -2.34. The van der Waals surface area contributed by atoms with Gasteiger partial charge in [-0.2, -0.15) is 0 Å². The Bertz CT molecular complexity index is 332. The van der Waals surface area contributed by atoms with Crippen molar-refractivity contribution in [1.29, 1.82) is 0 Å². The molecule has 0 nitrogen and oxygen atoms in total. The van der Waals surface area contributed by atoms with Crippen molar-refractivity contribution >= 4 is 0 Å². The van der Waals surface area contributed by atoms with Gasteiger partial charge in [0.15, 0.2) is 0 Å². The smallest absolute Gasteiger partial charge is 0.0219 e. The fourth-order valence-electron chi connectivity index (χ4n) is 3.42. The van der Waals surface area contributed by atoms with E-state index in [1.54, 1.807) is 11.1 Å². The molecule has 74 valence electrons. The Morgan fingerprint density at radius 2 is 1.57 bits per heavy atom. The van der Waals surface area contributed by atoms with Crippen LogP contribution in [0.15, 0.2) is 24.3 Å². The zero-order valence-corrected chi connectivity index (χ0v) is 8.76. The van der Waals surface area contributed by atoms with Crippen molar-refractivity contribution in [3.8, 4) is 0 Å². The van der Waals surface area contributed by atoms with Crippen LogP contribution < -0.4 is 0 Å². The van der Waals surface area contributed by atoms with Gasteiger partial charge >= 0.3 is 0 Å². The van der Waals surface area contributed by atoms with Crippen LogP contribution in [-0.2, 0) is 12.8 Å². The predicted octanol–water partition coefficient (Wildman–Crippen LogP) is 3.74. The van der Waals surface area contributed by atoms with Gasteiger partial charge in [-0.3, -0.25) is 0 Å². The van der Waals surface area contributed by atoms with Crippen molar-refractivity contribution in [2.24, 2.45) is 5.41 Å². The van der Waals surface area contributed by atoms with Crippen LogP contribution in [0.25, 0.3) is 0 Å². The van der Waals surface area contributed by atoms with Crippen LogP contribution in [-0.4, -0.2) is 0 Å². The van der Waals surface area contributed by atoms with Crippen molar-refractivity contribution in [1.82, 2.24) is 0 Å². The van der Waals surface area contributed by atoms with Crippen LogP contribution in [0.2, 0.25) is 0 Å². The summed E-state index contributed by atoms with van der Waals surface area (Å²) in [4.78, 5) is 0. The summed E-state index contributed by atoms with van der Waals surface area (Å²) < 4.78 is 0. The summed E-state index contributed by atoms with van der Waals surface area (Å²) in [6, 6.07) is 9.05. The van der Waals surface area contributed by atoms with E-state index in [1.807, 2.05) is 0 Å². The molecule has 0 heterocycles. The first-order valence-corrected chi connectivity index (χ1v) is 5.95. The Balaban J connectivity index is 1.92. The number of hydrogen-bond acceptors (Lipinski definition) is 0.